The zero-order chi connectivity index (χ0) is 11.7. The molecule has 0 radical (unpaired) electrons. The molecule has 1 unspecified atom stereocenters. The Balaban J connectivity index is 2.51. The Bertz CT molecular complexity index is 484. The fraction of sp³-hybridized carbons (Fsp3) is 0.429. The normalized spacial score (nSPS) is 13.6. The number of nitrogens with two attached hydrogens (primary N) is 1. The minimum absolute atomic E-state index is 0.0166. The van der Waals surface area contributed by atoms with Crippen LogP contribution in [0.25, 0.3) is 11.0 Å². The lowest BCUT2D eigenvalue weighted by molar-refractivity contribution is 0.417. The average Bonchev–Trinajstić information content (AvgIpc) is 2.70. The van der Waals surface area contributed by atoms with Gasteiger partial charge in [-0.25, -0.2) is 0 Å². The van der Waals surface area contributed by atoms with Crippen LogP contribution < -0.4 is 5.73 Å². The minimum Gasteiger partial charge on any atom is -0.459 e. The Labute approximate surface area is 96.4 Å². The molecule has 2 aromatic rings. The van der Waals surface area contributed by atoms with Crippen molar-refractivity contribution < 1.29 is 4.42 Å². The van der Waals surface area contributed by atoms with Gasteiger partial charge >= 0.3 is 0 Å². The number of aryl methyl sites for hydroxylation is 1. The Hall–Kier alpha value is -1.28. The van der Waals surface area contributed by atoms with E-state index in [1.807, 2.05) is 0 Å². The Morgan fingerprint density at radius 3 is 2.69 bits per heavy atom. The molecule has 16 heavy (non-hydrogen) atoms. The molecule has 0 spiro atoms. The molecule has 2 heteroatoms. The molecule has 2 N–H and O–H groups in total. The van der Waals surface area contributed by atoms with Gasteiger partial charge in [0.1, 0.15) is 11.3 Å². The molecule has 2 nitrogen and oxygen atoms in total. The molecule has 86 valence electrons. The monoisotopic (exact) mass is 217 g/mol. The minimum atomic E-state index is -0.0166. The van der Waals surface area contributed by atoms with Gasteiger partial charge in [-0.2, -0.15) is 0 Å². The number of hydrogen-bond donors (Lipinski definition) is 1. The van der Waals surface area contributed by atoms with Crippen LogP contribution in [0.15, 0.2) is 28.7 Å². The predicted molar refractivity (Wildman–Crippen MR) is 67.4 cm³/mol. The Morgan fingerprint density at radius 2 is 2.06 bits per heavy atom. The summed E-state index contributed by atoms with van der Waals surface area (Å²) in [5.74, 6) is 1.29. The maximum atomic E-state index is 6.10. The third-order valence-corrected chi connectivity index (χ3v) is 3.07. The maximum absolute atomic E-state index is 6.10. The van der Waals surface area contributed by atoms with Crippen LogP contribution in [0.5, 0.6) is 0 Å². The van der Waals surface area contributed by atoms with Gasteiger partial charge in [-0.15, -0.1) is 0 Å². The summed E-state index contributed by atoms with van der Waals surface area (Å²) >= 11 is 0. The lowest BCUT2D eigenvalue weighted by atomic mass is 10.0. The molecule has 1 heterocycles. The molecule has 0 aliphatic rings. The van der Waals surface area contributed by atoms with Crippen molar-refractivity contribution in [1.82, 2.24) is 0 Å². The first-order valence-corrected chi connectivity index (χ1v) is 5.90. The topological polar surface area (TPSA) is 39.2 Å². The Kier molecular flexibility index (Phi) is 3.01. The average molecular weight is 217 g/mol. The standard InChI is InChI=1S/C14H19NO/c1-4-10-6-5-7-11-8-12(16-14(10)11)13(15)9(2)3/h5-9,13H,4,15H2,1-3H3. The van der Waals surface area contributed by atoms with Crippen molar-refractivity contribution >= 4 is 11.0 Å². The van der Waals surface area contributed by atoms with Crippen molar-refractivity contribution in [3.05, 3.63) is 35.6 Å². The molecule has 0 saturated carbocycles. The van der Waals surface area contributed by atoms with Crippen LogP contribution in [0.1, 0.15) is 38.1 Å². The SMILES string of the molecule is CCc1cccc2cc(C(N)C(C)C)oc12. The summed E-state index contributed by atoms with van der Waals surface area (Å²) in [5.41, 5.74) is 8.35. The van der Waals surface area contributed by atoms with E-state index in [2.05, 4.69) is 45.0 Å². The van der Waals surface area contributed by atoms with Gasteiger partial charge in [0.25, 0.3) is 0 Å². The van der Waals surface area contributed by atoms with E-state index in [4.69, 9.17) is 10.2 Å². The van der Waals surface area contributed by atoms with Crippen LogP contribution in [-0.4, -0.2) is 0 Å². The van der Waals surface area contributed by atoms with Gasteiger partial charge in [0.15, 0.2) is 0 Å². The number of para-hydroxylation sites is 1. The van der Waals surface area contributed by atoms with Gasteiger partial charge in [-0.05, 0) is 24.0 Å². The molecule has 0 amide bonds. The van der Waals surface area contributed by atoms with Crippen molar-refractivity contribution in [2.24, 2.45) is 11.7 Å². The number of rotatable bonds is 3. The van der Waals surface area contributed by atoms with E-state index in [0.29, 0.717) is 5.92 Å². The van der Waals surface area contributed by atoms with Gasteiger partial charge in [-0.1, -0.05) is 39.0 Å². The van der Waals surface area contributed by atoms with E-state index in [1.165, 1.54) is 5.56 Å². The van der Waals surface area contributed by atoms with E-state index in [1.54, 1.807) is 0 Å². The summed E-state index contributed by atoms with van der Waals surface area (Å²) in [6, 6.07) is 8.31. The molecule has 2 rings (SSSR count). The summed E-state index contributed by atoms with van der Waals surface area (Å²) in [7, 11) is 0. The zero-order valence-corrected chi connectivity index (χ0v) is 10.2. The zero-order valence-electron chi connectivity index (χ0n) is 10.2. The number of fused-ring (bicyclic) bond motifs is 1. The van der Waals surface area contributed by atoms with Crippen molar-refractivity contribution in [3.8, 4) is 0 Å². The van der Waals surface area contributed by atoms with E-state index in [9.17, 15) is 0 Å². The summed E-state index contributed by atoms with van der Waals surface area (Å²) in [4.78, 5) is 0. The van der Waals surface area contributed by atoms with Crippen LogP contribution in [-0.2, 0) is 6.42 Å². The molecule has 1 aromatic carbocycles. The number of furan rings is 1. The van der Waals surface area contributed by atoms with Crippen molar-refractivity contribution in [1.29, 1.82) is 0 Å². The van der Waals surface area contributed by atoms with Crippen LogP contribution >= 0.6 is 0 Å². The Morgan fingerprint density at radius 1 is 1.31 bits per heavy atom. The predicted octanol–water partition coefficient (Wildman–Crippen LogP) is 3.65. The lowest BCUT2D eigenvalue weighted by Crippen LogP contribution is -2.15. The van der Waals surface area contributed by atoms with Gasteiger partial charge < -0.3 is 10.2 Å². The van der Waals surface area contributed by atoms with Crippen molar-refractivity contribution in [2.45, 2.75) is 33.2 Å². The highest BCUT2D eigenvalue weighted by molar-refractivity contribution is 5.81. The third-order valence-electron chi connectivity index (χ3n) is 3.07. The molecule has 0 aliphatic heterocycles. The summed E-state index contributed by atoms with van der Waals surface area (Å²) in [5, 5.41) is 1.16. The molecule has 0 saturated heterocycles. The highest BCUT2D eigenvalue weighted by atomic mass is 16.3. The second kappa shape index (κ2) is 4.30. The molecule has 0 bridgehead atoms. The fourth-order valence-electron chi connectivity index (χ4n) is 1.91. The van der Waals surface area contributed by atoms with E-state index < -0.39 is 0 Å². The number of hydrogen-bond acceptors (Lipinski definition) is 2. The van der Waals surface area contributed by atoms with Gasteiger partial charge in [0.2, 0.25) is 0 Å². The fourth-order valence-corrected chi connectivity index (χ4v) is 1.91. The van der Waals surface area contributed by atoms with Crippen LogP contribution in [0, 0.1) is 5.92 Å². The first kappa shape index (κ1) is 11.2. The van der Waals surface area contributed by atoms with Gasteiger partial charge in [-0.3, -0.25) is 0 Å². The molecule has 1 atom stereocenters. The van der Waals surface area contributed by atoms with Crippen LogP contribution in [0.2, 0.25) is 0 Å². The third kappa shape index (κ3) is 1.85. The highest BCUT2D eigenvalue weighted by Gasteiger charge is 2.16. The first-order valence-electron chi connectivity index (χ1n) is 5.90. The van der Waals surface area contributed by atoms with E-state index >= 15 is 0 Å². The highest BCUT2D eigenvalue weighted by Crippen LogP contribution is 2.28. The molecular formula is C14H19NO. The molecular weight excluding hydrogens is 198 g/mol. The number of benzene rings is 1. The quantitative estimate of drug-likeness (QED) is 0.852. The first-order chi connectivity index (χ1) is 7.63. The largest absolute Gasteiger partial charge is 0.459 e. The second-order valence-electron chi connectivity index (χ2n) is 4.61. The molecule has 0 aliphatic carbocycles. The summed E-state index contributed by atoms with van der Waals surface area (Å²) in [6.45, 7) is 6.36. The molecule has 0 fully saturated rings. The van der Waals surface area contributed by atoms with Crippen LogP contribution in [0.3, 0.4) is 0 Å². The van der Waals surface area contributed by atoms with E-state index in [0.717, 1.165) is 23.2 Å². The molecule has 1 aromatic heterocycles. The second-order valence-corrected chi connectivity index (χ2v) is 4.61. The van der Waals surface area contributed by atoms with Crippen molar-refractivity contribution in [3.63, 3.8) is 0 Å². The van der Waals surface area contributed by atoms with Crippen LogP contribution in [0.4, 0.5) is 0 Å². The smallest absolute Gasteiger partial charge is 0.137 e. The summed E-state index contributed by atoms with van der Waals surface area (Å²) in [6.07, 6.45) is 0.987. The lowest BCUT2D eigenvalue weighted by Gasteiger charge is -2.11. The maximum Gasteiger partial charge on any atom is 0.137 e. The van der Waals surface area contributed by atoms with E-state index in [-0.39, 0.29) is 6.04 Å². The van der Waals surface area contributed by atoms with Gasteiger partial charge in [0, 0.05) is 5.39 Å². The van der Waals surface area contributed by atoms with Gasteiger partial charge in [0.05, 0.1) is 6.04 Å². The summed E-state index contributed by atoms with van der Waals surface area (Å²) < 4.78 is 5.89. The van der Waals surface area contributed by atoms with Crippen molar-refractivity contribution in [2.75, 3.05) is 0 Å².